The Hall–Kier alpha value is -1.06. The zero-order valence-electron chi connectivity index (χ0n) is 12.8. The summed E-state index contributed by atoms with van der Waals surface area (Å²) in [6.07, 6.45) is 8.35. The van der Waals surface area contributed by atoms with Crippen molar-refractivity contribution in [2.75, 3.05) is 26.2 Å². The van der Waals surface area contributed by atoms with E-state index >= 15 is 0 Å². The van der Waals surface area contributed by atoms with Gasteiger partial charge in [0.15, 0.2) is 0 Å². The van der Waals surface area contributed by atoms with Gasteiger partial charge in [-0.15, -0.1) is 0 Å². The van der Waals surface area contributed by atoms with Crippen LogP contribution in [-0.2, 0) is 6.42 Å². The number of para-hydroxylation sites is 1. The van der Waals surface area contributed by atoms with Crippen molar-refractivity contribution < 1.29 is 4.74 Å². The fourth-order valence-electron chi connectivity index (χ4n) is 4.47. The Bertz CT molecular complexity index is 462. The third-order valence-electron chi connectivity index (χ3n) is 5.61. The fourth-order valence-corrected chi connectivity index (χ4v) is 4.47. The summed E-state index contributed by atoms with van der Waals surface area (Å²) in [7, 11) is 0. The van der Waals surface area contributed by atoms with Gasteiger partial charge in [0.2, 0.25) is 0 Å². The minimum Gasteiger partial charge on any atom is -0.488 e. The van der Waals surface area contributed by atoms with Crippen molar-refractivity contribution in [3.05, 3.63) is 29.8 Å². The van der Waals surface area contributed by atoms with Crippen molar-refractivity contribution in [3.63, 3.8) is 0 Å². The molecule has 2 fully saturated rings. The maximum Gasteiger partial charge on any atom is 0.123 e. The quantitative estimate of drug-likeness (QED) is 0.904. The molecule has 1 unspecified atom stereocenters. The average molecular weight is 286 g/mol. The molecule has 2 heterocycles. The Labute approximate surface area is 127 Å². The molecule has 21 heavy (non-hydrogen) atoms. The van der Waals surface area contributed by atoms with Crippen molar-refractivity contribution in [3.8, 4) is 5.75 Å². The van der Waals surface area contributed by atoms with Crippen LogP contribution in [0.5, 0.6) is 5.75 Å². The number of piperazine rings is 1. The molecule has 0 amide bonds. The molecule has 1 saturated carbocycles. The molecule has 0 radical (unpaired) electrons. The van der Waals surface area contributed by atoms with Gasteiger partial charge in [-0.25, -0.2) is 0 Å². The van der Waals surface area contributed by atoms with E-state index in [4.69, 9.17) is 4.74 Å². The first-order valence-corrected chi connectivity index (χ1v) is 8.56. The second kappa shape index (κ2) is 5.62. The van der Waals surface area contributed by atoms with Gasteiger partial charge < -0.3 is 10.1 Å². The van der Waals surface area contributed by atoms with E-state index in [1.807, 2.05) is 0 Å². The fraction of sp³-hybridized carbons (Fsp3) is 0.667. The first-order valence-electron chi connectivity index (χ1n) is 8.56. The first kappa shape index (κ1) is 13.6. The van der Waals surface area contributed by atoms with Crippen molar-refractivity contribution in [2.24, 2.45) is 0 Å². The Kier molecular flexibility index (Phi) is 3.64. The molecule has 2 aliphatic heterocycles. The van der Waals surface area contributed by atoms with E-state index in [0.717, 1.165) is 25.3 Å². The molecule has 1 N–H and O–H groups in total. The van der Waals surface area contributed by atoms with Crippen molar-refractivity contribution >= 4 is 0 Å². The van der Waals surface area contributed by atoms with Crippen LogP contribution < -0.4 is 10.1 Å². The van der Waals surface area contributed by atoms with Crippen LogP contribution in [-0.4, -0.2) is 42.7 Å². The highest BCUT2D eigenvalue weighted by Gasteiger charge is 2.41. The summed E-state index contributed by atoms with van der Waals surface area (Å²) >= 11 is 0. The van der Waals surface area contributed by atoms with Gasteiger partial charge in [-0.3, -0.25) is 4.90 Å². The van der Waals surface area contributed by atoms with E-state index < -0.39 is 0 Å². The second-order valence-corrected chi connectivity index (χ2v) is 6.96. The van der Waals surface area contributed by atoms with Crippen molar-refractivity contribution in [1.29, 1.82) is 0 Å². The molecule has 1 aromatic rings. The Balaban J connectivity index is 1.46. The molecule has 3 heteroatoms. The van der Waals surface area contributed by atoms with Gasteiger partial charge in [0.1, 0.15) is 11.9 Å². The summed E-state index contributed by atoms with van der Waals surface area (Å²) in [6.45, 7) is 4.57. The van der Waals surface area contributed by atoms with Gasteiger partial charge in [-0.1, -0.05) is 37.5 Å². The Morgan fingerprint density at radius 3 is 2.90 bits per heavy atom. The zero-order valence-corrected chi connectivity index (χ0v) is 12.8. The highest BCUT2D eigenvalue weighted by Crippen LogP contribution is 2.36. The number of rotatable bonds is 2. The van der Waals surface area contributed by atoms with Gasteiger partial charge in [-0.05, 0) is 24.5 Å². The van der Waals surface area contributed by atoms with Crippen molar-refractivity contribution in [1.82, 2.24) is 10.2 Å². The first-order chi connectivity index (χ1) is 10.4. The summed E-state index contributed by atoms with van der Waals surface area (Å²) in [4.78, 5) is 2.75. The smallest absolute Gasteiger partial charge is 0.123 e. The summed E-state index contributed by atoms with van der Waals surface area (Å²) < 4.78 is 6.18. The number of hydrogen-bond donors (Lipinski definition) is 1. The summed E-state index contributed by atoms with van der Waals surface area (Å²) in [5.74, 6) is 1.11. The number of nitrogens with one attached hydrogen (secondary N) is 1. The Morgan fingerprint density at radius 1 is 1.19 bits per heavy atom. The lowest BCUT2D eigenvalue weighted by atomic mass is 9.79. The van der Waals surface area contributed by atoms with Gasteiger partial charge in [0.25, 0.3) is 0 Å². The molecule has 3 nitrogen and oxygen atoms in total. The molecular weight excluding hydrogens is 260 g/mol. The number of nitrogens with zero attached hydrogens (tertiary/aromatic N) is 1. The molecule has 114 valence electrons. The average Bonchev–Trinajstić information content (AvgIpc) is 2.93. The second-order valence-electron chi connectivity index (χ2n) is 6.96. The molecule has 1 atom stereocenters. The lowest BCUT2D eigenvalue weighted by Gasteiger charge is -2.50. The van der Waals surface area contributed by atoms with E-state index in [0.29, 0.717) is 11.6 Å². The largest absolute Gasteiger partial charge is 0.488 e. The maximum absolute atomic E-state index is 6.18. The third-order valence-corrected chi connectivity index (χ3v) is 5.61. The maximum atomic E-state index is 6.18. The molecule has 4 rings (SSSR count). The van der Waals surface area contributed by atoms with Crippen LogP contribution in [0.1, 0.15) is 37.7 Å². The van der Waals surface area contributed by atoms with Crippen LogP contribution in [0.3, 0.4) is 0 Å². The summed E-state index contributed by atoms with van der Waals surface area (Å²) in [5, 5.41) is 3.63. The van der Waals surface area contributed by atoms with E-state index in [1.165, 1.54) is 50.8 Å². The molecular formula is C18H26N2O. The van der Waals surface area contributed by atoms with Crippen LogP contribution >= 0.6 is 0 Å². The molecule has 1 spiro atoms. The minimum absolute atomic E-state index is 0.347. The summed E-state index contributed by atoms with van der Waals surface area (Å²) in [5.41, 5.74) is 1.80. The standard InChI is InChI=1S/C18H26N2O/c1-4-8-18(9-5-1)14-19-10-11-20(18)13-16-12-15-6-2-3-7-17(15)21-16/h2-3,6-7,16,19H,1,4-5,8-14H2. The van der Waals surface area contributed by atoms with Gasteiger partial charge in [0, 0.05) is 38.1 Å². The number of fused-ring (bicyclic) bond motifs is 1. The SMILES string of the molecule is c1ccc2c(c1)CC(CN1CCNCC13CCCCC3)O2. The lowest BCUT2D eigenvalue weighted by Crippen LogP contribution is -2.63. The molecule has 0 aromatic heterocycles. The number of ether oxygens (including phenoxy) is 1. The van der Waals surface area contributed by atoms with E-state index in [-0.39, 0.29) is 0 Å². The van der Waals surface area contributed by atoms with E-state index in [2.05, 4.69) is 34.5 Å². The van der Waals surface area contributed by atoms with Crippen LogP contribution in [0.25, 0.3) is 0 Å². The predicted octanol–water partition coefficient (Wildman–Crippen LogP) is 2.60. The van der Waals surface area contributed by atoms with Crippen LogP contribution in [0, 0.1) is 0 Å². The zero-order chi connectivity index (χ0) is 14.1. The van der Waals surface area contributed by atoms with E-state index in [1.54, 1.807) is 0 Å². The van der Waals surface area contributed by atoms with E-state index in [9.17, 15) is 0 Å². The highest BCUT2D eigenvalue weighted by atomic mass is 16.5. The molecule has 0 bridgehead atoms. The topological polar surface area (TPSA) is 24.5 Å². The summed E-state index contributed by atoms with van der Waals surface area (Å²) in [6, 6.07) is 8.53. The van der Waals surface area contributed by atoms with Crippen LogP contribution in [0.15, 0.2) is 24.3 Å². The molecule has 3 aliphatic rings. The van der Waals surface area contributed by atoms with Crippen LogP contribution in [0.4, 0.5) is 0 Å². The molecule has 1 saturated heterocycles. The highest BCUT2D eigenvalue weighted by molar-refractivity contribution is 5.37. The Morgan fingerprint density at radius 2 is 2.05 bits per heavy atom. The number of hydrogen-bond acceptors (Lipinski definition) is 3. The predicted molar refractivity (Wildman–Crippen MR) is 84.8 cm³/mol. The minimum atomic E-state index is 0.347. The third kappa shape index (κ3) is 2.58. The normalized spacial score (nSPS) is 28.3. The van der Waals surface area contributed by atoms with Gasteiger partial charge in [0.05, 0.1) is 0 Å². The molecule has 1 aliphatic carbocycles. The molecule has 1 aromatic carbocycles. The number of benzene rings is 1. The van der Waals surface area contributed by atoms with Crippen LogP contribution in [0.2, 0.25) is 0 Å². The van der Waals surface area contributed by atoms with Gasteiger partial charge in [-0.2, -0.15) is 0 Å². The lowest BCUT2D eigenvalue weighted by molar-refractivity contribution is 0.00327. The van der Waals surface area contributed by atoms with Crippen molar-refractivity contribution in [2.45, 2.75) is 50.2 Å². The monoisotopic (exact) mass is 286 g/mol. The van der Waals surface area contributed by atoms with Gasteiger partial charge >= 0.3 is 0 Å².